The highest BCUT2D eigenvalue weighted by atomic mass is 79.9. The number of rotatable bonds is 5. The zero-order valence-electron chi connectivity index (χ0n) is 16.4. The lowest BCUT2D eigenvalue weighted by atomic mass is 10.0. The Balaban J connectivity index is 1.86. The van der Waals surface area contributed by atoms with Crippen molar-refractivity contribution in [3.63, 3.8) is 0 Å². The van der Waals surface area contributed by atoms with Gasteiger partial charge in [-0.25, -0.2) is 9.97 Å². The molecule has 0 fully saturated rings. The molecule has 3 heterocycles. The van der Waals surface area contributed by atoms with E-state index in [1.807, 2.05) is 25.1 Å². The minimum Gasteiger partial charge on any atom is -0.496 e. The Morgan fingerprint density at radius 1 is 1.17 bits per heavy atom. The van der Waals surface area contributed by atoms with Gasteiger partial charge in [-0.05, 0) is 70.9 Å². The summed E-state index contributed by atoms with van der Waals surface area (Å²) in [6.07, 6.45) is 3.20. The smallest absolute Gasteiger partial charge is 0.202 e. The zero-order chi connectivity index (χ0) is 21.3. The summed E-state index contributed by atoms with van der Waals surface area (Å²) in [7, 11) is 1.58. The van der Waals surface area contributed by atoms with Crippen LogP contribution in [0.25, 0.3) is 11.0 Å². The molecule has 0 aliphatic heterocycles. The number of hydrogen-bond donors (Lipinski definition) is 0. The topological polar surface area (TPSA) is 74.1 Å². The van der Waals surface area contributed by atoms with Crippen LogP contribution in [0.1, 0.15) is 27.2 Å². The molecule has 6 nitrogen and oxygen atoms in total. The number of carbonyl (C=O) groups is 1. The first-order chi connectivity index (χ1) is 14.5. The van der Waals surface area contributed by atoms with E-state index in [0.29, 0.717) is 33.5 Å². The first-order valence-electron chi connectivity index (χ1n) is 9.27. The van der Waals surface area contributed by atoms with E-state index in [1.165, 1.54) is 0 Å². The van der Waals surface area contributed by atoms with E-state index in [1.54, 1.807) is 54.4 Å². The fraction of sp³-hybridized carbons (Fsp3) is 0.130. The molecule has 0 amide bonds. The number of pyridine rings is 3. The van der Waals surface area contributed by atoms with Gasteiger partial charge in [0.15, 0.2) is 5.78 Å². The number of methoxy groups -OCH3 is 1. The summed E-state index contributed by atoms with van der Waals surface area (Å²) >= 11 is 3.37. The van der Waals surface area contributed by atoms with Gasteiger partial charge < -0.3 is 9.30 Å². The predicted molar refractivity (Wildman–Crippen MR) is 118 cm³/mol. The van der Waals surface area contributed by atoms with Gasteiger partial charge in [0.2, 0.25) is 5.43 Å². The Bertz CT molecular complexity index is 1330. The van der Waals surface area contributed by atoms with E-state index in [-0.39, 0.29) is 16.8 Å². The summed E-state index contributed by atoms with van der Waals surface area (Å²) in [4.78, 5) is 35.1. The van der Waals surface area contributed by atoms with Crippen molar-refractivity contribution in [1.29, 1.82) is 0 Å². The normalized spacial score (nSPS) is 10.9. The molecule has 0 atom stereocenters. The Hall–Kier alpha value is -3.32. The van der Waals surface area contributed by atoms with Crippen molar-refractivity contribution in [2.24, 2.45) is 0 Å². The van der Waals surface area contributed by atoms with Crippen LogP contribution in [0.2, 0.25) is 0 Å². The maximum atomic E-state index is 13.2. The van der Waals surface area contributed by atoms with Crippen molar-refractivity contribution in [3.05, 3.63) is 98.1 Å². The molecule has 0 radical (unpaired) electrons. The molecule has 4 aromatic rings. The SMILES string of the molecule is COc1ccc(C(=O)c2cn(Cc3cccc(Br)n3)c3ncccc3c2=O)cc1C. The van der Waals surface area contributed by atoms with E-state index in [2.05, 4.69) is 25.9 Å². The molecule has 0 aliphatic rings. The highest BCUT2D eigenvalue weighted by Crippen LogP contribution is 2.21. The number of nitrogens with zero attached hydrogens (tertiary/aromatic N) is 3. The molecular formula is C23H18BrN3O3. The number of ketones is 1. The molecule has 7 heteroatoms. The van der Waals surface area contributed by atoms with Gasteiger partial charge in [-0.15, -0.1) is 0 Å². The van der Waals surface area contributed by atoms with Crippen molar-refractivity contribution < 1.29 is 9.53 Å². The Morgan fingerprint density at radius 3 is 2.73 bits per heavy atom. The van der Waals surface area contributed by atoms with Crippen LogP contribution in [0.4, 0.5) is 0 Å². The third-order valence-electron chi connectivity index (χ3n) is 4.84. The highest BCUT2D eigenvalue weighted by Gasteiger charge is 2.19. The number of aryl methyl sites for hydroxylation is 1. The van der Waals surface area contributed by atoms with E-state index >= 15 is 0 Å². The summed E-state index contributed by atoms with van der Waals surface area (Å²) in [5.41, 5.74) is 2.29. The number of halogens is 1. The summed E-state index contributed by atoms with van der Waals surface area (Å²) in [5, 5.41) is 0.392. The van der Waals surface area contributed by atoms with Crippen LogP contribution in [0.3, 0.4) is 0 Å². The first kappa shape index (κ1) is 20.0. The largest absolute Gasteiger partial charge is 0.496 e. The van der Waals surface area contributed by atoms with Gasteiger partial charge in [0.05, 0.1) is 30.3 Å². The fourth-order valence-corrected chi connectivity index (χ4v) is 3.77. The average molecular weight is 464 g/mol. The third-order valence-corrected chi connectivity index (χ3v) is 5.28. The Morgan fingerprint density at radius 2 is 2.00 bits per heavy atom. The molecule has 4 rings (SSSR count). The molecule has 0 saturated carbocycles. The lowest BCUT2D eigenvalue weighted by molar-refractivity contribution is 0.103. The Kier molecular flexibility index (Phi) is 5.46. The summed E-state index contributed by atoms with van der Waals surface area (Å²) in [6, 6.07) is 14.1. The van der Waals surface area contributed by atoms with Crippen LogP contribution in [0, 0.1) is 6.92 Å². The van der Waals surface area contributed by atoms with Gasteiger partial charge in [0.25, 0.3) is 0 Å². The lowest BCUT2D eigenvalue weighted by Gasteiger charge is -2.13. The van der Waals surface area contributed by atoms with Crippen molar-refractivity contribution in [2.75, 3.05) is 7.11 Å². The van der Waals surface area contributed by atoms with Crippen LogP contribution in [0.5, 0.6) is 5.75 Å². The van der Waals surface area contributed by atoms with Gasteiger partial charge in [-0.3, -0.25) is 9.59 Å². The summed E-state index contributed by atoms with van der Waals surface area (Å²) in [6.45, 7) is 2.23. The molecule has 0 bridgehead atoms. The van der Waals surface area contributed by atoms with Crippen LogP contribution < -0.4 is 10.2 Å². The molecule has 3 aromatic heterocycles. The second-order valence-electron chi connectivity index (χ2n) is 6.84. The number of fused-ring (bicyclic) bond motifs is 1. The van der Waals surface area contributed by atoms with Gasteiger partial charge >= 0.3 is 0 Å². The molecular weight excluding hydrogens is 446 g/mol. The van der Waals surface area contributed by atoms with Gasteiger partial charge in [-0.2, -0.15) is 0 Å². The molecule has 150 valence electrons. The molecule has 0 unspecified atom stereocenters. The second-order valence-corrected chi connectivity index (χ2v) is 7.65. The first-order valence-corrected chi connectivity index (χ1v) is 10.1. The fourth-order valence-electron chi connectivity index (χ4n) is 3.39. The number of carbonyl (C=O) groups excluding carboxylic acids is 1. The Labute approximate surface area is 181 Å². The number of benzene rings is 1. The molecule has 0 spiro atoms. The number of ether oxygens (including phenoxy) is 1. The van der Waals surface area contributed by atoms with E-state index in [4.69, 9.17) is 4.74 Å². The van der Waals surface area contributed by atoms with E-state index in [0.717, 1.165) is 11.3 Å². The highest BCUT2D eigenvalue weighted by molar-refractivity contribution is 9.10. The van der Waals surface area contributed by atoms with E-state index < -0.39 is 0 Å². The predicted octanol–water partition coefficient (Wildman–Crippen LogP) is 4.15. The quantitative estimate of drug-likeness (QED) is 0.328. The maximum Gasteiger partial charge on any atom is 0.202 e. The average Bonchev–Trinajstić information content (AvgIpc) is 2.75. The van der Waals surface area contributed by atoms with Crippen molar-refractivity contribution >= 4 is 32.7 Å². The maximum absolute atomic E-state index is 13.2. The van der Waals surface area contributed by atoms with Crippen molar-refractivity contribution in [3.8, 4) is 5.75 Å². The second kappa shape index (κ2) is 8.20. The van der Waals surface area contributed by atoms with Crippen molar-refractivity contribution in [1.82, 2.24) is 14.5 Å². The standard InChI is InChI=1S/C23H18BrN3O3/c1-14-11-15(8-9-19(14)30-2)21(28)18-13-27(12-16-5-3-7-20(24)26-16)23-17(22(18)29)6-4-10-25-23/h3-11,13H,12H2,1-2H3. The lowest BCUT2D eigenvalue weighted by Crippen LogP contribution is -2.21. The van der Waals surface area contributed by atoms with Crippen molar-refractivity contribution in [2.45, 2.75) is 13.5 Å². The molecule has 1 aromatic carbocycles. The molecule has 30 heavy (non-hydrogen) atoms. The van der Waals surface area contributed by atoms with Crippen LogP contribution in [-0.4, -0.2) is 27.4 Å². The van der Waals surface area contributed by atoms with Gasteiger partial charge in [0.1, 0.15) is 16.0 Å². The van der Waals surface area contributed by atoms with E-state index in [9.17, 15) is 9.59 Å². The molecule has 0 saturated heterocycles. The van der Waals surface area contributed by atoms with Gasteiger partial charge in [-0.1, -0.05) is 6.07 Å². The van der Waals surface area contributed by atoms with Crippen LogP contribution in [0.15, 0.2) is 70.3 Å². The number of hydrogen-bond acceptors (Lipinski definition) is 5. The number of aromatic nitrogens is 3. The minimum atomic E-state index is -0.340. The summed E-state index contributed by atoms with van der Waals surface area (Å²) in [5.74, 6) is 0.347. The monoisotopic (exact) mass is 463 g/mol. The third kappa shape index (κ3) is 3.76. The zero-order valence-corrected chi connectivity index (χ0v) is 18.0. The molecule has 0 aliphatic carbocycles. The van der Waals surface area contributed by atoms with Crippen LogP contribution in [-0.2, 0) is 6.54 Å². The summed E-state index contributed by atoms with van der Waals surface area (Å²) < 4.78 is 7.76. The molecule has 0 N–H and O–H groups in total. The minimum absolute atomic E-state index is 0.0927. The van der Waals surface area contributed by atoms with Gasteiger partial charge in [0, 0.05) is 18.0 Å². The van der Waals surface area contributed by atoms with Crippen LogP contribution >= 0.6 is 15.9 Å².